The van der Waals surface area contributed by atoms with Crippen molar-refractivity contribution in [2.45, 2.75) is 136 Å². The van der Waals surface area contributed by atoms with Gasteiger partial charge < -0.3 is 14.4 Å². The third kappa shape index (κ3) is 11.3. The Bertz CT molecular complexity index is 6510. The van der Waals surface area contributed by atoms with Crippen LogP contribution in [-0.2, 0) is 32.5 Å². The number of nitrogens with zero attached hydrogens (tertiary/aromatic N) is 3. The van der Waals surface area contributed by atoms with Crippen LogP contribution in [0.1, 0.15) is 168 Å². The fourth-order valence-corrected chi connectivity index (χ4v) is 17.6. The Morgan fingerprint density at radius 1 is 0.303 bits per heavy atom. The minimum atomic E-state index is -2.14. The fraction of sp³-hybridized carbons (Fsp3) is 0.200. The molecule has 0 saturated carbocycles. The van der Waals surface area contributed by atoms with Crippen molar-refractivity contribution in [3.05, 3.63) is 359 Å². The first-order chi connectivity index (χ1) is 56.4. The van der Waals surface area contributed by atoms with Crippen LogP contribution >= 0.6 is 0 Å². The van der Waals surface area contributed by atoms with Gasteiger partial charge in [0.2, 0.25) is 0 Å². The molecule has 0 saturated heterocycles. The standard InChI is InChI=1S/C105H96BN3/c1-100(2,3)73-49-55-90(82(59-73)67-34-21-16-22-35-67)108-94-66-78(107-91-56-50-74(101(4,5)6)60-85(91)86-61-75(102(7,8)9)51-57-92(86)107)52-53-88(94)106-89-58-70(79-45-33-46-81-80-44-31-32-47-87(80)105(97(79)81,71-40-27-19-28-41-71)72-42-29-20-30-43-72)48-54-93(89)109(96-65-77(104(13,14)15)64-95(108)98(96)106)99-83(68-36-23-17-24-37-68)62-76(103(10,11)12)63-84(99)69-38-25-18-26-39-69/h16-66H,1-15H3/i19D,20D,27D,28D,29D,30D,40D,41D,42D,43D. The molecule has 4 heteroatoms. The molecule has 14 aromatic carbocycles. The first-order valence-corrected chi connectivity index (χ1v) is 38.4. The first-order valence-electron chi connectivity index (χ1n) is 43.4. The summed E-state index contributed by atoms with van der Waals surface area (Å²) in [5.74, 6) is 0. The molecule has 1 aliphatic carbocycles. The van der Waals surface area contributed by atoms with Crippen molar-refractivity contribution in [3.63, 3.8) is 0 Å². The summed E-state index contributed by atoms with van der Waals surface area (Å²) in [5, 5.41) is 2.35. The molecule has 1 aromatic heterocycles. The zero-order valence-corrected chi connectivity index (χ0v) is 65.1. The van der Waals surface area contributed by atoms with Gasteiger partial charge in [-0.05, 0) is 211 Å². The van der Waals surface area contributed by atoms with E-state index in [1.807, 2.05) is 42.5 Å². The van der Waals surface area contributed by atoms with Crippen molar-refractivity contribution in [3.8, 4) is 61.3 Å². The Balaban J connectivity index is 1.03. The van der Waals surface area contributed by atoms with Crippen LogP contribution in [0.5, 0.6) is 0 Å². The number of hydrogen-bond acceptors (Lipinski definition) is 2. The van der Waals surface area contributed by atoms with Gasteiger partial charge in [-0.2, -0.15) is 0 Å². The Morgan fingerprint density at radius 3 is 1.29 bits per heavy atom. The molecule has 18 rings (SSSR count). The highest BCUT2D eigenvalue weighted by molar-refractivity contribution is 7.00. The summed E-state index contributed by atoms with van der Waals surface area (Å²) in [5.41, 5.74) is 23.7. The lowest BCUT2D eigenvalue weighted by Gasteiger charge is -2.46. The minimum Gasteiger partial charge on any atom is -0.311 e. The van der Waals surface area contributed by atoms with Crippen molar-refractivity contribution in [1.29, 1.82) is 0 Å². The van der Waals surface area contributed by atoms with Crippen molar-refractivity contribution in [2.75, 3.05) is 9.80 Å². The summed E-state index contributed by atoms with van der Waals surface area (Å²) in [7, 11) is 0. The average molecular weight is 1420 g/mol. The highest BCUT2D eigenvalue weighted by Crippen LogP contribution is 2.60. The van der Waals surface area contributed by atoms with Gasteiger partial charge in [-0.3, -0.25) is 0 Å². The quantitative estimate of drug-likeness (QED) is 0.133. The molecule has 0 fully saturated rings. The summed E-state index contributed by atoms with van der Waals surface area (Å²) < 4.78 is 99.3. The van der Waals surface area contributed by atoms with E-state index >= 15 is 0 Å². The lowest BCUT2D eigenvalue weighted by atomic mass is 9.33. The molecular formula is C105H96BN3. The Morgan fingerprint density at radius 2 is 0.752 bits per heavy atom. The third-order valence-electron chi connectivity index (χ3n) is 23.4. The third-order valence-corrected chi connectivity index (χ3v) is 23.4. The molecule has 3 aliphatic rings. The molecule has 15 aromatic rings. The largest absolute Gasteiger partial charge is 0.311 e. The topological polar surface area (TPSA) is 11.4 Å². The summed E-state index contributed by atoms with van der Waals surface area (Å²) in [6.45, 7) is 33.8. The van der Waals surface area contributed by atoms with E-state index in [0.29, 0.717) is 33.4 Å². The molecule has 3 nitrogen and oxygen atoms in total. The monoisotopic (exact) mass is 1420 g/mol. The van der Waals surface area contributed by atoms with Crippen LogP contribution < -0.4 is 26.2 Å². The number of rotatable bonds is 9. The summed E-state index contributed by atoms with van der Waals surface area (Å²) in [4.78, 5) is 5.12. The second kappa shape index (κ2) is 25.3. The molecule has 534 valence electrons. The molecule has 109 heavy (non-hydrogen) atoms. The van der Waals surface area contributed by atoms with Crippen LogP contribution in [0.15, 0.2) is 309 Å². The van der Waals surface area contributed by atoms with Gasteiger partial charge in [0.05, 0.1) is 41.5 Å². The van der Waals surface area contributed by atoms with Gasteiger partial charge in [-0.1, -0.05) is 334 Å². The van der Waals surface area contributed by atoms with Gasteiger partial charge in [0.25, 0.3) is 6.71 Å². The maximum absolute atomic E-state index is 10.2. The molecule has 0 N–H and O–H groups in total. The highest BCUT2D eigenvalue weighted by Gasteiger charge is 2.50. The smallest absolute Gasteiger partial charge is 0.252 e. The predicted molar refractivity (Wildman–Crippen MR) is 467 cm³/mol. The number of benzene rings is 14. The zero-order valence-electron chi connectivity index (χ0n) is 75.1. The van der Waals surface area contributed by atoms with Crippen LogP contribution in [0.2, 0.25) is 0 Å². The minimum absolute atomic E-state index is 0.134. The van der Waals surface area contributed by atoms with E-state index in [9.17, 15) is 11.0 Å². The van der Waals surface area contributed by atoms with Gasteiger partial charge in [-0.25, -0.2) is 0 Å². The molecule has 0 unspecified atom stereocenters. The summed E-state index contributed by atoms with van der Waals surface area (Å²) >= 11 is 0. The van der Waals surface area contributed by atoms with Gasteiger partial charge in [0.1, 0.15) is 0 Å². The van der Waals surface area contributed by atoms with E-state index in [0.717, 1.165) is 112 Å². The van der Waals surface area contributed by atoms with E-state index in [2.05, 4.69) is 324 Å². The molecule has 0 radical (unpaired) electrons. The number of aromatic nitrogens is 1. The first kappa shape index (κ1) is 58.6. The summed E-state index contributed by atoms with van der Waals surface area (Å²) in [6, 6.07) is 84.3. The van der Waals surface area contributed by atoms with E-state index < -0.39 is 78.0 Å². The Labute approximate surface area is 660 Å². The van der Waals surface area contributed by atoms with E-state index in [1.54, 1.807) is 0 Å². The Kier molecular flexibility index (Phi) is 13.6. The van der Waals surface area contributed by atoms with Gasteiger partial charge >= 0.3 is 0 Å². The highest BCUT2D eigenvalue weighted by atomic mass is 15.2. The molecule has 0 bridgehead atoms. The lowest BCUT2D eigenvalue weighted by molar-refractivity contribution is 0.590. The van der Waals surface area contributed by atoms with Crippen LogP contribution in [0.4, 0.5) is 34.1 Å². The van der Waals surface area contributed by atoms with Crippen LogP contribution in [-0.4, -0.2) is 11.3 Å². The van der Waals surface area contributed by atoms with Crippen LogP contribution in [0, 0.1) is 0 Å². The van der Waals surface area contributed by atoms with Gasteiger partial charge in [0.15, 0.2) is 0 Å². The maximum Gasteiger partial charge on any atom is 0.252 e. The van der Waals surface area contributed by atoms with Crippen LogP contribution in [0.3, 0.4) is 0 Å². The Hall–Kier alpha value is -11.5. The number of hydrogen-bond donors (Lipinski definition) is 0. The molecular weight excluding hydrogens is 1310 g/mol. The summed E-state index contributed by atoms with van der Waals surface area (Å²) in [6.07, 6.45) is 0. The van der Waals surface area contributed by atoms with Crippen molar-refractivity contribution in [1.82, 2.24) is 4.57 Å². The predicted octanol–water partition coefficient (Wildman–Crippen LogP) is 26.4. The molecule has 3 heterocycles. The molecule has 0 spiro atoms. The zero-order chi connectivity index (χ0) is 84.1. The van der Waals surface area contributed by atoms with E-state index in [4.69, 9.17) is 2.74 Å². The SMILES string of the molecule is [2H]c1c([2H])c([2H])c(C2(c3c([2H])c([2H])c([2H])c([2H])c3[2H])c3ccccc3-c3cccc(-c4ccc5c(c4)B4c6ccc(-n7c8ccc(C(C)(C)C)cc8c8cc(C(C)(C)C)ccc87)cc6N(c6ccc(C(C)(C)C)cc6-c6ccccc6)c6cc(C(C)(C)C)cc(c64)N5c4c(-c5ccccc5)cc(C(C)(C)C)cc4-c4ccccc4)c32)c([2H])c1[2H]. The van der Waals surface area contributed by atoms with E-state index in [1.165, 1.54) is 27.5 Å². The van der Waals surface area contributed by atoms with Gasteiger partial charge in [-0.15, -0.1) is 0 Å². The number of fused-ring (bicyclic) bond motifs is 10. The number of anilines is 6. The normalized spacial score (nSPS) is 15.1. The van der Waals surface area contributed by atoms with Crippen molar-refractivity contribution >= 4 is 79.0 Å². The maximum atomic E-state index is 10.2. The second-order valence-corrected chi connectivity index (χ2v) is 35.4. The molecule has 0 atom stereocenters. The molecule has 2 aliphatic heterocycles. The van der Waals surface area contributed by atoms with E-state index in [-0.39, 0.29) is 32.8 Å². The van der Waals surface area contributed by atoms with Gasteiger partial charge in [0, 0.05) is 55.9 Å². The lowest BCUT2D eigenvalue weighted by Crippen LogP contribution is -2.61. The molecule has 0 amide bonds. The average Bonchev–Trinajstić information content (AvgIpc) is 1.59. The van der Waals surface area contributed by atoms with Crippen molar-refractivity contribution < 1.29 is 13.7 Å². The second-order valence-electron chi connectivity index (χ2n) is 35.4. The van der Waals surface area contributed by atoms with Crippen molar-refractivity contribution in [2.24, 2.45) is 0 Å². The fourth-order valence-electron chi connectivity index (χ4n) is 17.6. The van der Waals surface area contributed by atoms with Crippen LogP contribution in [0.25, 0.3) is 83.1 Å².